The summed E-state index contributed by atoms with van der Waals surface area (Å²) in [6.07, 6.45) is 7.50. The van der Waals surface area contributed by atoms with E-state index in [2.05, 4.69) is 59.7 Å². The summed E-state index contributed by atoms with van der Waals surface area (Å²) in [6.45, 7) is 2.32. The van der Waals surface area contributed by atoms with Crippen molar-refractivity contribution >= 4 is 28.4 Å². The first-order valence-corrected chi connectivity index (χ1v) is 10.4. The van der Waals surface area contributed by atoms with Crippen LogP contribution in [0.3, 0.4) is 0 Å². The minimum atomic E-state index is 0.0612. The van der Waals surface area contributed by atoms with Crippen LogP contribution >= 0.6 is 11.8 Å². The maximum absolute atomic E-state index is 11.8. The molecule has 0 radical (unpaired) electrons. The molecule has 3 aromatic rings. The van der Waals surface area contributed by atoms with Crippen LogP contribution in [0.1, 0.15) is 37.3 Å². The van der Waals surface area contributed by atoms with Crippen LogP contribution < -0.4 is 5.32 Å². The van der Waals surface area contributed by atoms with Crippen LogP contribution in [0.5, 0.6) is 0 Å². The van der Waals surface area contributed by atoms with Crippen LogP contribution in [-0.2, 0) is 16.6 Å². The van der Waals surface area contributed by atoms with Crippen molar-refractivity contribution < 1.29 is 4.79 Å². The molecule has 1 aromatic heterocycles. The van der Waals surface area contributed by atoms with Gasteiger partial charge in [-0.05, 0) is 47.9 Å². The zero-order valence-electron chi connectivity index (χ0n) is 15.4. The smallest absolute Gasteiger partial charge is 0.220 e. The highest BCUT2D eigenvalue weighted by Gasteiger charge is 2.43. The van der Waals surface area contributed by atoms with Crippen molar-refractivity contribution in [2.24, 2.45) is 0 Å². The Morgan fingerprint density at radius 2 is 2.04 bits per heavy atom. The number of carbonyl (C=O) groups is 1. The van der Waals surface area contributed by atoms with E-state index in [0.29, 0.717) is 6.42 Å². The maximum atomic E-state index is 11.8. The summed E-state index contributed by atoms with van der Waals surface area (Å²) in [7, 11) is 0. The summed E-state index contributed by atoms with van der Waals surface area (Å²) in [6, 6.07) is 15.5. The van der Waals surface area contributed by atoms with Gasteiger partial charge in [-0.1, -0.05) is 49.0 Å². The fourth-order valence-electron chi connectivity index (χ4n) is 4.68. The van der Waals surface area contributed by atoms with Gasteiger partial charge in [0.25, 0.3) is 0 Å². The lowest BCUT2D eigenvalue weighted by Crippen LogP contribution is -2.55. The Balaban J connectivity index is 1.49. The average molecular weight is 375 g/mol. The molecule has 5 rings (SSSR count). The lowest BCUT2D eigenvalue weighted by atomic mass is 9.64. The van der Waals surface area contributed by atoms with Crippen molar-refractivity contribution in [2.75, 3.05) is 0 Å². The first-order chi connectivity index (χ1) is 13.1. The third-order valence-corrected chi connectivity index (χ3v) is 7.26. The van der Waals surface area contributed by atoms with E-state index in [4.69, 9.17) is 0 Å². The first-order valence-electron chi connectivity index (χ1n) is 9.57. The third-order valence-electron chi connectivity index (χ3n) is 6.23. The Kier molecular flexibility index (Phi) is 3.97. The number of carbonyl (C=O) groups excluding carboxylic acids is 1. The van der Waals surface area contributed by atoms with Gasteiger partial charge < -0.3 is 5.32 Å². The number of hydrogen-bond donors (Lipinski definition) is 1. The zero-order chi connectivity index (χ0) is 18.4. The summed E-state index contributed by atoms with van der Waals surface area (Å²) in [5.74, 6) is 0.205. The van der Waals surface area contributed by atoms with Gasteiger partial charge in [-0.2, -0.15) is 0 Å². The minimum Gasteiger partial charge on any atom is -0.352 e. The molecule has 1 aliphatic heterocycles. The summed E-state index contributed by atoms with van der Waals surface area (Å²) in [5.41, 5.74) is 2.91. The van der Waals surface area contributed by atoms with Gasteiger partial charge in [-0.15, -0.1) is 0 Å². The summed E-state index contributed by atoms with van der Waals surface area (Å²) >= 11 is 1.79. The van der Waals surface area contributed by atoms with Crippen molar-refractivity contribution in [1.82, 2.24) is 10.3 Å². The van der Waals surface area contributed by atoms with E-state index in [1.54, 1.807) is 11.8 Å². The van der Waals surface area contributed by atoms with E-state index >= 15 is 0 Å². The number of rotatable bonds is 2. The summed E-state index contributed by atoms with van der Waals surface area (Å²) in [4.78, 5) is 18.7. The van der Waals surface area contributed by atoms with E-state index < -0.39 is 0 Å². The van der Waals surface area contributed by atoms with E-state index in [1.807, 2.05) is 12.4 Å². The molecule has 27 heavy (non-hydrogen) atoms. The van der Waals surface area contributed by atoms with Crippen molar-refractivity contribution in [1.29, 1.82) is 0 Å². The maximum Gasteiger partial charge on any atom is 0.220 e. The molecule has 0 bridgehead atoms. The summed E-state index contributed by atoms with van der Waals surface area (Å²) in [5, 5.41) is 5.64. The van der Waals surface area contributed by atoms with Crippen LogP contribution in [0.4, 0.5) is 0 Å². The van der Waals surface area contributed by atoms with Gasteiger partial charge in [0.05, 0.1) is 0 Å². The van der Waals surface area contributed by atoms with Crippen LogP contribution in [-0.4, -0.2) is 16.9 Å². The van der Waals surface area contributed by atoms with Gasteiger partial charge in [0.1, 0.15) is 0 Å². The second-order valence-corrected chi connectivity index (χ2v) is 8.97. The van der Waals surface area contributed by atoms with Crippen LogP contribution in [0.25, 0.3) is 10.8 Å². The number of aryl methyl sites for hydroxylation is 1. The largest absolute Gasteiger partial charge is 0.352 e. The molecule has 136 valence electrons. The number of nitrogens with zero attached hydrogens (tertiary/aromatic N) is 1. The molecular weight excluding hydrogens is 352 g/mol. The quantitative estimate of drug-likeness (QED) is 0.696. The molecule has 1 fully saturated rings. The Morgan fingerprint density at radius 1 is 1.15 bits per heavy atom. The number of fused-ring (bicyclic) bond motifs is 4. The van der Waals surface area contributed by atoms with Crippen molar-refractivity contribution in [2.45, 2.75) is 53.9 Å². The van der Waals surface area contributed by atoms with Gasteiger partial charge in [-0.25, -0.2) is 0 Å². The van der Waals surface area contributed by atoms with E-state index in [1.165, 1.54) is 31.7 Å². The standard InChI is InChI=1S/C23H22N2OS/c1-23-11-10-22(26)25-21(23)9-6-15-12-17(7-8-19(15)23)27-20-14-24-13-16-4-2-3-5-18(16)20/h2-5,7-8,12-14,21H,6,9-11H2,1H3,(H,25,26)/t21-,23-/m1/s1. The van der Waals surface area contributed by atoms with Crippen LogP contribution in [0.15, 0.2) is 64.6 Å². The normalized spacial score (nSPS) is 24.2. The Labute approximate surface area is 163 Å². The lowest BCUT2D eigenvalue weighted by molar-refractivity contribution is -0.125. The van der Waals surface area contributed by atoms with E-state index in [0.717, 1.165) is 19.3 Å². The van der Waals surface area contributed by atoms with Crippen molar-refractivity contribution in [3.8, 4) is 0 Å². The number of amides is 1. The lowest BCUT2D eigenvalue weighted by Gasteiger charge is -2.46. The predicted octanol–water partition coefficient (Wildman–Crippen LogP) is 4.87. The molecular formula is C23H22N2OS. The fourth-order valence-corrected chi connectivity index (χ4v) is 5.68. The second-order valence-electron chi connectivity index (χ2n) is 7.86. The van der Waals surface area contributed by atoms with Crippen molar-refractivity contribution in [3.63, 3.8) is 0 Å². The minimum absolute atomic E-state index is 0.0612. The highest BCUT2D eigenvalue weighted by molar-refractivity contribution is 7.99. The number of benzene rings is 2. The highest BCUT2D eigenvalue weighted by Crippen LogP contribution is 2.44. The molecule has 1 amide bonds. The van der Waals surface area contributed by atoms with Crippen LogP contribution in [0.2, 0.25) is 0 Å². The average Bonchev–Trinajstić information content (AvgIpc) is 2.69. The molecule has 1 N–H and O–H groups in total. The number of piperidine rings is 1. The second kappa shape index (κ2) is 6.38. The number of nitrogens with one attached hydrogen (secondary N) is 1. The Hall–Kier alpha value is -2.33. The summed E-state index contributed by atoms with van der Waals surface area (Å²) < 4.78 is 0. The molecule has 0 spiro atoms. The number of pyridine rings is 1. The van der Waals surface area contributed by atoms with Crippen molar-refractivity contribution in [3.05, 3.63) is 66.0 Å². The number of aromatic nitrogens is 1. The molecule has 2 aliphatic rings. The highest BCUT2D eigenvalue weighted by atomic mass is 32.2. The monoisotopic (exact) mass is 374 g/mol. The van der Waals surface area contributed by atoms with E-state index in [9.17, 15) is 4.79 Å². The SMILES string of the molecule is C[C@]12CCC(=O)N[C@@H]1CCc1cc(Sc3cncc4ccccc34)ccc12. The van der Waals surface area contributed by atoms with Gasteiger partial charge in [0.2, 0.25) is 5.91 Å². The Bertz CT molecular complexity index is 1040. The molecule has 0 saturated carbocycles. The zero-order valence-corrected chi connectivity index (χ0v) is 16.2. The fraction of sp³-hybridized carbons (Fsp3) is 0.304. The van der Waals surface area contributed by atoms with Gasteiger partial charge >= 0.3 is 0 Å². The third kappa shape index (κ3) is 2.83. The van der Waals surface area contributed by atoms with Gasteiger partial charge in [-0.3, -0.25) is 9.78 Å². The molecule has 2 atom stereocenters. The molecule has 2 aromatic carbocycles. The molecule has 4 heteroatoms. The molecule has 2 heterocycles. The molecule has 0 unspecified atom stereocenters. The van der Waals surface area contributed by atoms with Gasteiger partial charge in [0, 0.05) is 45.4 Å². The topological polar surface area (TPSA) is 42.0 Å². The molecule has 1 saturated heterocycles. The number of hydrogen-bond acceptors (Lipinski definition) is 3. The Morgan fingerprint density at radius 3 is 2.96 bits per heavy atom. The van der Waals surface area contributed by atoms with E-state index in [-0.39, 0.29) is 17.4 Å². The molecule has 3 nitrogen and oxygen atoms in total. The molecule has 1 aliphatic carbocycles. The van der Waals surface area contributed by atoms with Crippen LogP contribution in [0, 0.1) is 0 Å². The first kappa shape index (κ1) is 16.8. The van der Waals surface area contributed by atoms with Gasteiger partial charge in [0.15, 0.2) is 0 Å². The predicted molar refractivity (Wildman–Crippen MR) is 109 cm³/mol.